The van der Waals surface area contributed by atoms with Crippen LogP contribution in [0.5, 0.6) is 5.75 Å². The second kappa shape index (κ2) is 6.97. The zero-order valence-corrected chi connectivity index (χ0v) is 9.47. The number of hydrogen-bond acceptors (Lipinski definition) is 1. The van der Waals surface area contributed by atoms with Crippen LogP contribution in [-0.2, 0) is 0 Å². The van der Waals surface area contributed by atoms with Crippen LogP contribution in [-0.4, -0.2) is 18.4 Å². The van der Waals surface area contributed by atoms with Crippen LogP contribution >= 0.6 is 23.2 Å². The second-order valence-electron chi connectivity index (χ2n) is 3.12. The fourth-order valence-electron chi connectivity index (χ4n) is 1.06. The van der Waals surface area contributed by atoms with Gasteiger partial charge in [-0.3, -0.25) is 0 Å². The third kappa shape index (κ3) is 4.21. The average molecular weight is 233 g/mol. The molecule has 1 aromatic rings. The van der Waals surface area contributed by atoms with E-state index in [9.17, 15) is 0 Å². The topological polar surface area (TPSA) is 9.23 Å². The van der Waals surface area contributed by atoms with Gasteiger partial charge in [-0.2, -0.15) is 0 Å². The summed E-state index contributed by atoms with van der Waals surface area (Å²) in [6, 6.07) is 9.76. The van der Waals surface area contributed by atoms with Crippen molar-refractivity contribution in [2.45, 2.75) is 6.42 Å². The maximum absolute atomic E-state index is 5.71. The van der Waals surface area contributed by atoms with Gasteiger partial charge in [-0.15, -0.1) is 23.2 Å². The van der Waals surface area contributed by atoms with E-state index in [2.05, 4.69) is 0 Å². The number of benzene rings is 1. The standard InChI is InChI=1S/C11H14Cl2O/c12-8-10(9-13)6-7-14-11-4-2-1-3-5-11/h1-5,10H,6-9H2. The number of alkyl halides is 2. The molecule has 14 heavy (non-hydrogen) atoms. The molecule has 0 heterocycles. The predicted octanol–water partition coefficient (Wildman–Crippen LogP) is 3.55. The zero-order chi connectivity index (χ0) is 10.2. The summed E-state index contributed by atoms with van der Waals surface area (Å²) in [4.78, 5) is 0. The third-order valence-electron chi connectivity index (χ3n) is 1.97. The maximum Gasteiger partial charge on any atom is 0.119 e. The van der Waals surface area contributed by atoms with Gasteiger partial charge in [0.05, 0.1) is 6.61 Å². The van der Waals surface area contributed by atoms with Gasteiger partial charge >= 0.3 is 0 Å². The summed E-state index contributed by atoms with van der Waals surface area (Å²) < 4.78 is 5.52. The number of halogens is 2. The molecule has 0 bridgehead atoms. The Balaban J connectivity index is 2.21. The van der Waals surface area contributed by atoms with Crippen LogP contribution < -0.4 is 4.74 Å². The summed E-state index contributed by atoms with van der Waals surface area (Å²) in [5.41, 5.74) is 0. The molecule has 0 atom stereocenters. The molecule has 78 valence electrons. The van der Waals surface area contributed by atoms with Gasteiger partial charge in [0.2, 0.25) is 0 Å². The van der Waals surface area contributed by atoms with Crippen molar-refractivity contribution in [1.82, 2.24) is 0 Å². The smallest absolute Gasteiger partial charge is 0.119 e. The first-order chi connectivity index (χ1) is 6.86. The minimum Gasteiger partial charge on any atom is -0.494 e. The van der Waals surface area contributed by atoms with Crippen LogP contribution in [0.25, 0.3) is 0 Å². The van der Waals surface area contributed by atoms with Crippen LogP contribution in [0.4, 0.5) is 0 Å². The Morgan fingerprint density at radius 3 is 2.29 bits per heavy atom. The van der Waals surface area contributed by atoms with Crippen molar-refractivity contribution < 1.29 is 4.74 Å². The summed E-state index contributed by atoms with van der Waals surface area (Å²) in [5.74, 6) is 2.45. The molecule has 1 nitrogen and oxygen atoms in total. The first-order valence-corrected chi connectivity index (χ1v) is 5.73. The molecule has 0 saturated heterocycles. The highest BCUT2D eigenvalue weighted by molar-refractivity contribution is 6.20. The number of para-hydroxylation sites is 1. The Kier molecular flexibility index (Phi) is 5.81. The van der Waals surface area contributed by atoms with Gasteiger partial charge in [0.25, 0.3) is 0 Å². The van der Waals surface area contributed by atoms with E-state index in [0.29, 0.717) is 24.3 Å². The molecule has 0 spiro atoms. The summed E-state index contributed by atoms with van der Waals surface area (Å²) >= 11 is 11.4. The summed E-state index contributed by atoms with van der Waals surface area (Å²) in [5, 5.41) is 0. The Hall–Kier alpha value is -0.400. The van der Waals surface area contributed by atoms with E-state index in [-0.39, 0.29) is 0 Å². The first kappa shape index (κ1) is 11.7. The van der Waals surface area contributed by atoms with Crippen LogP contribution in [0.2, 0.25) is 0 Å². The van der Waals surface area contributed by atoms with Gasteiger partial charge in [0, 0.05) is 11.8 Å². The van der Waals surface area contributed by atoms with Gasteiger partial charge in [-0.05, 0) is 24.5 Å². The maximum atomic E-state index is 5.71. The minimum atomic E-state index is 0.349. The lowest BCUT2D eigenvalue weighted by Gasteiger charge is -2.10. The molecule has 3 heteroatoms. The minimum absolute atomic E-state index is 0.349. The monoisotopic (exact) mass is 232 g/mol. The van der Waals surface area contributed by atoms with Gasteiger partial charge in [0.1, 0.15) is 5.75 Å². The second-order valence-corrected chi connectivity index (χ2v) is 3.74. The molecule has 0 amide bonds. The van der Waals surface area contributed by atoms with E-state index in [1.165, 1.54) is 0 Å². The highest BCUT2D eigenvalue weighted by atomic mass is 35.5. The van der Waals surface area contributed by atoms with Crippen molar-refractivity contribution in [3.05, 3.63) is 30.3 Å². The Morgan fingerprint density at radius 1 is 1.07 bits per heavy atom. The molecular weight excluding hydrogens is 219 g/mol. The van der Waals surface area contributed by atoms with Gasteiger partial charge in [-0.25, -0.2) is 0 Å². The lowest BCUT2D eigenvalue weighted by molar-refractivity contribution is 0.291. The SMILES string of the molecule is ClCC(CCl)CCOc1ccccc1. The largest absolute Gasteiger partial charge is 0.494 e. The highest BCUT2D eigenvalue weighted by Gasteiger charge is 2.05. The molecule has 0 aliphatic carbocycles. The van der Waals surface area contributed by atoms with Crippen molar-refractivity contribution in [2.24, 2.45) is 5.92 Å². The molecule has 0 radical (unpaired) electrons. The highest BCUT2D eigenvalue weighted by Crippen LogP contribution is 2.12. The van der Waals surface area contributed by atoms with Crippen LogP contribution in [0.3, 0.4) is 0 Å². The third-order valence-corrected chi connectivity index (χ3v) is 2.85. The molecule has 0 fully saturated rings. The van der Waals surface area contributed by atoms with E-state index in [4.69, 9.17) is 27.9 Å². The van der Waals surface area contributed by atoms with E-state index >= 15 is 0 Å². The fraction of sp³-hybridized carbons (Fsp3) is 0.455. The summed E-state index contributed by atoms with van der Waals surface area (Å²) in [6.07, 6.45) is 0.905. The van der Waals surface area contributed by atoms with Crippen LogP contribution in [0.15, 0.2) is 30.3 Å². The van der Waals surface area contributed by atoms with E-state index in [1.54, 1.807) is 0 Å². The Labute approximate surface area is 95.0 Å². The van der Waals surface area contributed by atoms with Crippen LogP contribution in [0, 0.1) is 5.92 Å². The molecule has 0 aliphatic rings. The first-order valence-electron chi connectivity index (χ1n) is 4.66. The molecule has 0 aliphatic heterocycles. The number of ether oxygens (including phenoxy) is 1. The lowest BCUT2D eigenvalue weighted by Crippen LogP contribution is -2.09. The van der Waals surface area contributed by atoms with Gasteiger partial charge < -0.3 is 4.74 Å². The molecule has 0 saturated carbocycles. The van der Waals surface area contributed by atoms with E-state index in [0.717, 1.165) is 12.2 Å². The van der Waals surface area contributed by atoms with Crippen molar-refractivity contribution in [1.29, 1.82) is 0 Å². The van der Waals surface area contributed by atoms with Crippen molar-refractivity contribution in [3.63, 3.8) is 0 Å². The molecule has 1 rings (SSSR count). The molecular formula is C11H14Cl2O. The average Bonchev–Trinajstić information content (AvgIpc) is 2.26. The van der Waals surface area contributed by atoms with Crippen molar-refractivity contribution in [3.8, 4) is 5.75 Å². The van der Waals surface area contributed by atoms with Gasteiger partial charge in [-0.1, -0.05) is 18.2 Å². The molecule has 1 aromatic carbocycles. The predicted molar refractivity (Wildman–Crippen MR) is 61.5 cm³/mol. The normalized spacial score (nSPS) is 10.5. The van der Waals surface area contributed by atoms with Crippen molar-refractivity contribution in [2.75, 3.05) is 18.4 Å². The number of hydrogen-bond donors (Lipinski definition) is 0. The Morgan fingerprint density at radius 2 is 1.71 bits per heavy atom. The fourth-order valence-corrected chi connectivity index (χ4v) is 1.69. The van der Waals surface area contributed by atoms with E-state index < -0.39 is 0 Å². The quantitative estimate of drug-likeness (QED) is 0.682. The molecule has 0 unspecified atom stereocenters. The van der Waals surface area contributed by atoms with Crippen molar-refractivity contribution >= 4 is 23.2 Å². The van der Waals surface area contributed by atoms with Crippen LogP contribution in [0.1, 0.15) is 6.42 Å². The molecule has 0 aromatic heterocycles. The van der Waals surface area contributed by atoms with E-state index in [1.807, 2.05) is 30.3 Å². The lowest BCUT2D eigenvalue weighted by atomic mass is 10.1. The molecule has 0 N–H and O–H groups in total. The summed E-state index contributed by atoms with van der Waals surface area (Å²) in [7, 11) is 0. The van der Waals surface area contributed by atoms with Gasteiger partial charge in [0.15, 0.2) is 0 Å². The Bertz CT molecular complexity index is 234. The summed E-state index contributed by atoms with van der Waals surface area (Å²) in [6.45, 7) is 0.675. The zero-order valence-electron chi connectivity index (χ0n) is 7.96. The number of rotatable bonds is 6.